The van der Waals surface area contributed by atoms with Crippen LogP contribution in [0.1, 0.15) is 39.5 Å². The minimum atomic E-state index is -3.95. The van der Waals surface area contributed by atoms with Crippen LogP contribution in [-0.2, 0) is 24.3 Å². The van der Waals surface area contributed by atoms with Crippen LogP contribution < -0.4 is 10.1 Å². The fraction of sp³-hybridized carbons (Fsp3) is 0.462. The number of amides is 1. The molecule has 3 rings (SSSR count). The van der Waals surface area contributed by atoms with E-state index < -0.39 is 22.0 Å². The first-order valence-corrected chi connectivity index (χ1v) is 13.2. The van der Waals surface area contributed by atoms with Crippen molar-refractivity contribution in [3.63, 3.8) is 0 Å². The van der Waals surface area contributed by atoms with Crippen LogP contribution in [0.2, 0.25) is 0 Å². The number of hydrogen-bond acceptors (Lipinski definition) is 6. The van der Waals surface area contributed by atoms with Crippen LogP contribution in [0.25, 0.3) is 11.1 Å². The Morgan fingerprint density at radius 1 is 1.03 bits per heavy atom. The Bertz CT molecular complexity index is 1110. The highest BCUT2D eigenvalue weighted by atomic mass is 32.2. The van der Waals surface area contributed by atoms with Gasteiger partial charge in [-0.2, -0.15) is 4.31 Å². The Labute approximate surface area is 207 Å². The SMILES string of the molecule is COC(=O)[C@H]1C[C@H](NC(=O)CCC(C)C)CCN1S(=O)(=O)c1ccc(-c2ccc(OC)cc2)cc1. The topological polar surface area (TPSA) is 102 Å². The highest BCUT2D eigenvalue weighted by molar-refractivity contribution is 7.89. The maximum absolute atomic E-state index is 13.5. The summed E-state index contributed by atoms with van der Waals surface area (Å²) < 4.78 is 38.2. The Kier molecular flexibility index (Phi) is 8.91. The van der Waals surface area contributed by atoms with E-state index in [0.717, 1.165) is 23.3 Å². The smallest absolute Gasteiger partial charge is 0.324 e. The summed E-state index contributed by atoms with van der Waals surface area (Å²) in [5, 5.41) is 2.95. The van der Waals surface area contributed by atoms with Crippen LogP contribution in [0.5, 0.6) is 5.75 Å². The van der Waals surface area contributed by atoms with Crippen LogP contribution >= 0.6 is 0 Å². The maximum atomic E-state index is 13.5. The molecule has 2 atom stereocenters. The maximum Gasteiger partial charge on any atom is 0.324 e. The minimum Gasteiger partial charge on any atom is -0.497 e. The van der Waals surface area contributed by atoms with Crippen molar-refractivity contribution in [2.24, 2.45) is 5.92 Å². The molecule has 0 unspecified atom stereocenters. The van der Waals surface area contributed by atoms with Gasteiger partial charge in [0.25, 0.3) is 0 Å². The van der Waals surface area contributed by atoms with Gasteiger partial charge in [-0.15, -0.1) is 0 Å². The molecule has 2 aromatic carbocycles. The van der Waals surface area contributed by atoms with Crippen LogP contribution in [0.4, 0.5) is 0 Å². The second-order valence-electron chi connectivity index (χ2n) is 9.13. The van der Waals surface area contributed by atoms with Crippen molar-refractivity contribution in [2.75, 3.05) is 20.8 Å². The highest BCUT2D eigenvalue weighted by Gasteiger charge is 2.41. The lowest BCUT2D eigenvalue weighted by molar-refractivity contribution is -0.146. The number of esters is 1. The van der Waals surface area contributed by atoms with Gasteiger partial charge in [-0.05, 0) is 60.6 Å². The summed E-state index contributed by atoms with van der Waals surface area (Å²) in [5.41, 5.74) is 1.79. The normalized spacial score (nSPS) is 18.8. The molecule has 0 radical (unpaired) electrons. The van der Waals surface area contributed by atoms with Gasteiger partial charge in [-0.1, -0.05) is 38.1 Å². The molecule has 1 amide bonds. The Balaban J connectivity index is 1.76. The number of carbonyl (C=O) groups excluding carboxylic acids is 2. The monoisotopic (exact) mass is 502 g/mol. The predicted octanol–water partition coefficient (Wildman–Crippen LogP) is 3.61. The molecule has 2 aromatic rings. The first-order valence-electron chi connectivity index (χ1n) is 11.8. The van der Waals surface area contributed by atoms with Gasteiger partial charge in [-0.25, -0.2) is 8.42 Å². The molecule has 9 heteroatoms. The molecule has 1 N–H and O–H groups in total. The molecule has 190 valence electrons. The van der Waals surface area contributed by atoms with Gasteiger partial charge in [0.05, 0.1) is 19.1 Å². The number of methoxy groups -OCH3 is 2. The van der Waals surface area contributed by atoms with E-state index in [9.17, 15) is 18.0 Å². The van der Waals surface area contributed by atoms with Crippen molar-refractivity contribution in [1.82, 2.24) is 9.62 Å². The summed E-state index contributed by atoms with van der Waals surface area (Å²) in [6.45, 7) is 4.21. The van der Waals surface area contributed by atoms with E-state index in [-0.39, 0.29) is 29.8 Å². The average molecular weight is 503 g/mol. The summed E-state index contributed by atoms with van der Waals surface area (Å²) in [6.07, 6.45) is 1.76. The van der Waals surface area contributed by atoms with Crippen LogP contribution in [0.3, 0.4) is 0 Å². The predicted molar refractivity (Wildman–Crippen MR) is 133 cm³/mol. The van der Waals surface area contributed by atoms with E-state index in [1.165, 1.54) is 11.4 Å². The summed E-state index contributed by atoms with van der Waals surface area (Å²) in [6, 6.07) is 12.8. The van der Waals surface area contributed by atoms with E-state index >= 15 is 0 Å². The molecule has 0 aliphatic carbocycles. The molecule has 1 fully saturated rings. The zero-order valence-electron chi connectivity index (χ0n) is 20.7. The third kappa shape index (κ3) is 6.61. The first-order chi connectivity index (χ1) is 16.6. The van der Waals surface area contributed by atoms with E-state index in [1.807, 2.05) is 38.1 Å². The largest absolute Gasteiger partial charge is 0.497 e. The van der Waals surface area contributed by atoms with Gasteiger partial charge in [0.15, 0.2) is 0 Å². The van der Waals surface area contributed by atoms with Gasteiger partial charge < -0.3 is 14.8 Å². The molecule has 1 aliphatic heterocycles. The zero-order chi connectivity index (χ0) is 25.6. The molecule has 1 heterocycles. The minimum absolute atomic E-state index is 0.0854. The van der Waals surface area contributed by atoms with Crippen molar-refractivity contribution >= 4 is 21.9 Å². The van der Waals surface area contributed by atoms with Gasteiger partial charge >= 0.3 is 5.97 Å². The molecular weight excluding hydrogens is 468 g/mol. The second kappa shape index (κ2) is 11.7. The van der Waals surface area contributed by atoms with Crippen LogP contribution in [-0.4, -0.2) is 57.4 Å². The molecule has 0 saturated carbocycles. The number of piperidine rings is 1. The molecule has 0 bridgehead atoms. The number of rotatable bonds is 9. The van der Waals surface area contributed by atoms with Gasteiger partial charge in [0.1, 0.15) is 11.8 Å². The molecule has 1 aliphatic rings. The van der Waals surface area contributed by atoms with E-state index in [1.54, 1.807) is 31.4 Å². The van der Waals surface area contributed by atoms with E-state index in [2.05, 4.69) is 5.32 Å². The Morgan fingerprint density at radius 3 is 2.17 bits per heavy atom. The third-order valence-electron chi connectivity index (χ3n) is 6.22. The van der Waals surface area contributed by atoms with Crippen molar-refractivity contribution in [3.8, 4) is 16.9 Å². The average Bonchev–Trinajstić information content (AvgIpc) is 2.87. The van der Waals surface area contributed by atoms with E-state index in [4.69, 9.17) is 9.47 Å². The number of ether oxygens (including phenoxy) is 2. The van der Waals surface area contributed by atoms with Crippen molar-refractivity contribution in [1.29, 1.82) is 0 Å². The standard InChI is InChI=1S/C26H34N2O6S/c1-18(2)5-14-25(29)27-21-15-16-28(24(17-21)26(30)34-4)35(31,32)23-12-8-20(9-13-23)19-6-10-22(33-3)11-7-19/h6-13,18,21,24H,5,14-17H2,1-4H3,(H,27,29)/t21-,24-/m1/s1. The lowest BCUT2D eigenvalue weighted by atomic mass is 9.98. The van der Waals surface area contributed by atoms with Crippen LogP contribution in [0.15, 0.2) is 53.4 Å². The summed E-state index contributed by atoms with van der Waals surface area (Å²) in [7, 11) is -1.11. The molecule has 8 nitrogen and oxygen atoms in total. The van der Waals surface area contributed by atoms with Crippen molar-refractivity contribution in [3.05, 3.63) is 48.5 Å². The molecule has 1 saturated heterocycles. The fourth-order valence-corrected chi connectivity index (χ4v) is 5.77. The van der Waals surface area contributed by atoms with Crippen LogP contribution in [0, 0.1) is 5.92 Å². The van der Waals surface area contributed by atoms with Gasteiger partial charge in [-0.3, -0.25) is 9.59 Å². The quantitative estimate of drug-likeness (QED) is 0.526. The Morgan fingerprint density at radius 2 is 1.63 bits per heavy atom. The van der Waals surface area contributed by atoms with E-state index in [0.29, 0.717) is 18.8 Å². The summed E-state index contributed by atoms with van der Waals surface area (Å²) in [4.78, 5) is 24.9. The third-order valence-corrected chi connectivity index (χ3v) is 8.15. The Hall–Kier alpha value is -2.91. The summed E-state index contributed by atoms with van der Waals surface area (Å²) in [5.74, 6) is 0.426. The zero-order valence-corrected chi connectivity index (χ0v) is 21.5. The summed E-state index contributed by atoms with van der Waals surface area (Å²) >= 11 is 0. The van der Waals surface area contributed by atoms with Gasteiger partial charge in [0.2, 0.25) is 15.9 Å². The first kappa shape index (κ1) is 26.7. The second-order valence-corrected chi connectivity index (χ2v) is 11.0. The molecule has 0 spiro atoms. The number of benzene rings is 2. The lowest BCUT2D eigenvalue weighted by Crippen LogP contribution is -2.55. The lowest BCUT2D eigenvalue weighted by Gasteiger charge is -2.37. The molecule has 35 heavy (non-hydrogen) atoms. The van der Waals surface area contributed by atoms with Crippen molar-refractivity contribution in [2.45, 2.75) is 56.5 Å². The number of nitrogens with zero attached hydrogens (tertiary/aromatic N) is 1. The molecule has 0 aromatic heterocycles. The number of sulfonamides is 1. The van der Waals surface area contributed by atoms with Crippen molar-refractivity contribution < 1.29 is 27.5 Å². The highest BCUT2D eigenvalue weighted by Crippen LogP contribution is 2.29. The molecular formula is C26H34N2O6S. The number of carbonyl (C=O) groups is 2. The van der Waals surface area contributed by atoms with Gasteiger partial charge in [0, 0.05) is 19.0 Å². The fourth-order valence-electron chi connectivity index (χ4n) is 4.17. The number of hydrogen-bond donors (Lipinski definition) is 1. The number of nitrogens with one attached hydrogen (secondary N) is 1.